The van der Waals surface area contributed by atoms with Crippen molar-refractivity contribution < 1.29 is 4.79 Å². The van der Waals surface area contributed by atoms with Gasteiger partial charge in [0.15, 0.2) is 5.78 Å². The van der Waals surface area contributed by atoms with E-state index in [1.807, 2.05) is 18.2 Å². The Kier molecular flexibility index (Phi) is 5.39. The molecule has 31 heavy (non-hydrogen) atoms. The molecule has 2 aromatic carbocycles. The van der Waals surface area contributed by atoms with Crippen molar-refractivity contribution in [3.8, 4) is 0 Å². The van der Waals surface area contributed by atoms with Crippen LogP contribution in [0.2, 0.25) is 0 Å². The van der Waals surface area contributed by atoms with Gasteiger partial charge in [0.25, 0.3) is 0 Å². The summed E-state index contributed by atoms with van der Waals surface area (Å²) >= 11 is 0. The zero-order chi connectivity index (χ0) is 21.4. The molecule has 1 unspecified atom stereocenters. The largest absolute Gasteiger partial charge is 0.358 e. The van der Waals surface area contributed by atoms with Gasteiger partial charge in [0.05, 0.1) is 11.0 Å². The normalized spacial score (nSPS) is 19.3. The molecule has 1 aliphatic carbocycles. The summed E-state index contributed by atoms with van der Waals surface area (Å²) in [5, 5.41) is 1.17. The average molecular weight is 414 g/mol. The van der Waals surface area contributed by atoms with Crippen LogP contribution < -0.4 is 0 Å². The van der Waals surface area contributed by atoms with Gasteiger partial charge < -0.3 is 9.97 Å². The second kappa shape index (κ2) is 8.33. The Morgan fingerprint density at radius 2 is 1.94 bits per heavy atom. The van der Waals surface area contributed by atoms with Gasteiger partial charge in [-0.15, -0.1) is 0 Å². The number of Topliss-reactive ketones (excluding diaryl/α,β-unsaturated/α-hetero) is 1. The van der Waals surface area contributed by atoms with E-state index in [1.165, 1.54) is 42.3 Å². The minimum absolute atomic E-state index is 0.268. The first kappa shape index (κ1) is 20.0. The molecule has 4 heteroatoms. The lowest BCUT2D eigenvalue weighted by Gasteiger charge is -2.28. The zero-order valence-electron chi connectivity index (χ0n) is 18.5. The first-order valence-corrected chi connectivity index (χ1v) is 11.7. The van der Waals surface area contributed by atoms with E-state index in [0.29, 0.717) is 18.3 Å². The number of benzene rings is 2. The maximum absolute atomic E-state index is 12.8. The van der Waals surface area contributed by atoms with Gasteiger partial charge in [0.1, 0.15) is 5.82 Å². The molecule has 0 radical (unpaired) electrons. The van der Waals surface area contributed by atoms with Crippen LogP contribution in [0, 0.1) is 19.8 Å². The van der Waals surface area contributed by atoms with Gasteiger partial charge in [-0.05, 0) is 81.3 Å². The molecule has 2 heterocycles. The van der Waals surface area contributed by atoms with Gasteiger partial charge in [-0.2, -0.15) is 0 Å². The highest BCUT2D eigenvalue weighted by Crippen LogP contribution is 2.38. The van der Waals surface area contributed by atoms with Gasteiger partial charge in [-0.1, -0.05) is 25.0 Å². The quantitative estimate of drug-likeness (QED) is 0.335. The highest BCUT2D eigenvalue weighted by molar-refractivity contribution is 6.00. The Labute approximate surface area is 183 Å². The highest BCUT2D eigenvalue weighted by Gasteiger charge is 2.25. The average Bonchev–Trinajstić information content (AvgIpc) is 3.35. The second-order valence-corrected chi connectivity index (χ2v) is 9.32. The van der Waals surface area contributed by atoms with Crippen molar-refractivity contribution in [1.82, 2.24) is 15.0 Å². The number of H-pyrrole nitrogens is 2. The van der Waals surface area contributed by atoms with E-state index in [1.54, 1.807) is 0 Å². The van der Waals surface area contributed by atoms with Crippen LogP contribution in [0.1, 0.15) is 78.3 Å². The number of para-hydroxylation sites is 2. The minimum atomic E-state index is 0.268. The van der Waals surface area contributed by atoms with Crippen LogP contribution in [-0.4, -0.2) is 20.7 Å². The Morgan fingerprint density at radius 1 is 1.06 bits per heavy atom. The molecule has 4 aromatic rings. The standard InChI is InChI=1S/C27H31N3O/c1-17-18(2)28-23-14-13-20(16-22(17)23)26(31)12-6-8-19-7-5-9-21(15-19)27-29-24-10-3-4-11-25(24)30-27/h3-4,10-11,13-14,16,19,21,28H,5-9,12,15H2,1-2H3,(H,29,30)/t19-,21?/m0/s1. The number of fused-ring (bicyclic) bond motifs is 2. The minimum Gasteiger partial charge on any atom is -0.358 e. The number of carbonyl (C=O) groups is 1. The number of aromatic amines is 2. The van der Waals surface area contributed by atoms with Gasteiger partial charge in [0, 0.05) is 34.5 Å². The van der Waals surface area contributed by atoms with Crippen LogP contribution in [0.25, 0.3) is 21.9 Å². The van der Waals surface area contributed by atoms with Crippen molar-refractivity contribution in [2.24, 2.45) is 5.92 Å². The Bertz CT molecular complexity index is 1200. The molecule has 0 aliphatic heterocycles. The SMILES string of the molecule is Cc1[nH]c2ccc(C(=O)CCC[C@@H]3CCCC(c4nc5ccccc5[nH]4)C3)cc2c1C. The predicted octanol–water partition coefficient (Wildman–Crippen LogP) is 6.99. The molecule has 160 valence electrons. The molecule has 0 spiro atoms. The number of aryl methyl sites for hydroxylation is 2. The van der Waals surface area contributed by atoms with Crippen molar-refractivity contribution in [2.75, 3.05) is 0 Å². The number of hydrogen-bond donors (Lipinski definition) is 2. The molecular formula is C27H31N3O. The molecule has 2 aromatic heterocycles. The summed E-state index contributed by atoms with van der Waals surface area (Å²) < 4.78 is 0. The molecule has 5 rings (SSSR count). The number of ketones is 1. The predicted molar refractivity (Wildman–Crippen MR) is 127 cm³/mol. The monoisotopic (exact) mass is 413 g/mol. The van der Waals surface area contributed by atoms with E-state index in [4.69, 9.17) is 4.98 Å². The first-order chi connectivity index (χ1) is 15.1. The molecule has 0 amide bonds. The fourth-order valence-electron chi connectivity index (χ4n) is 5.30. The van der Waals surface area contributed by atoms with Crippen LogP contribution >= 0.6 is 0 Å². The van der Waals surface area contributed by atoms with Crippen LogP contribution in [0.15, 0.2) is 42.5 Å². The summed E-state index contributed by atoms with van der Waals surface area (Å²) in [5.41, 5.74) is 6.58. The number of aromatic nitrogens is 3. The summed E-state index contributed by atoms with van der Waals surface area (Å²) in [6, 6.07) is 14.4. The lowest BCUT2D eigenvalue weighted by Crippen LogP contribution is -2.15. The van der Waals surface area contributed by atoms with Crippen LogP contribution in [0.4, 0.5) is 0 Å². The second-order valence-electron chi connectivity index (χ2n) is 9.32. The fourth-order valence-corrected chi connectivity index (χ4v) is 5.30. The summed E-state index contributed by atoms with van der Waals surface area (Å²) in [6.07, 6.45) is 7.67. The zero-order valence-corrected chi connectivity index (χ0v) is 18.5. The molecule has 4 nitrogen and oxygen atoms in total. The van der Waals surface area contributed by atoms with E-state index in [-0.39, 0.29) is 5.78 Å². The summed E-state index contributed by atoms with van der Waals surface area (Å²) in [7, 11) is 0. The molecule has 2 atom stereocenters. The van der Waals surface area contributed by atoms with Gasteiger partial charge in [0.2, 0.25) is 0 Å². The fraction of sp³-hybridized carbons (Fsp3) is 0.407. The van der Waals surface area contributed by atoms with Crippen molar-refractivity contribution in [3.63, 3.8) is 0 Å². The third kappa shape index (κ3) is 4.04. The number of imidazole rings is 1. The third-order valence-corrected chi connectivity index (χ3v) is 7.22. The molecule has 1 saturated carbocycles. The maximum Gasteiger partial charge on any atom is 0.162 e. The van der Waals surface area contributed by atoms with E-state index in [2.05, 4.69) is 48.1 Å². The lowest BCUT2D eigenvalue weighted by atomic mass is 9.78. The van der Waals surface area contributed by atoms with Crippen molar-refractivity contribution >= 4 is 27.7 Å². The van der Waals surface area contributed by atoms with Crippen molar-refractivity contribution in [3.05, 3.63) is 65.1 Å². The molecule has 1 fully saturated rings. The molecule has 0 bridgehead atoms. The molecule has 1 aliphatic rings. The maximum atomic E-state index is 12.8. The van der Waals surface area contributed by atoms with E-state index >= 15 is 0 Å². The number of nitrogens with zero attached hydrogens (tertiary/aromatic N) is 1. The summed E-state index contributed by atoms with van der Waals surface area (Å²) in [4.78, 5) is 24.6. The number of nitrogens with one attached hydrogen (secondary N) is 2. The Balaban J connectivity index is 1.18. The molecule has 0 saturated heterocycles. The molecular weight excluding hydrogens is 382 g/mol. The van der Waals surface area contributed by atoms with Crippen molar-refractivity contribution in [2.45, 2.75) is 64.7 Å². The Morgan fingerprint density at radius 3 is 2.81 bits per heavy atom. The van der Waals surface area contributed by atoms with E-state index in [9.17, 15) is 4.79 Å². The number of carbonyl (C=O) groups excluding carboxylic acids is 1. The first-order valence-electron chi connectivity index (χ1n) is 11.7. The van der Waals surface area contributed by atoms with Gasteiger partial charge in [-0.3, -0.25) is 4.79 Å². The van der Waals surface area contributed by atoms with Gasteiger partial charge in [-0.25, -0.2) is 4.98 Å². The molecule has 2 N–H and O–H groups in total. The number of rotatable bonds is 6. The highest BCUT2D eigenvalue weighted by atomic mass is 16.1. The third-order valence-electron chi connectivity index (χ3n) is 7.22. The Hall–Kier alpha value is -2.88. The van der Waals surface area contributed by atoms with Crippen LogP contribution in [-0.2, 0) is 0 Å². The van der Waals surface area contributed by atoms with E-state index < -0.39 is 0 Å². The van der Waals surface area contributed by atoms with Crippen LogP contribution in [0.5, 0.6) is 0 Å². The summed E-state index contributed by atoms with van der Waals surface area (Å²) in [5.74, 6) is 2.62. The number of hydrogen-bond acceptors (Lipinski definition) is 2. The van der Waals surface area contributed by atoms with Gasteiger partial charge >= 0.3 is 0 Å². The van der Waals surface area contributed by atoms with E-state index in [0.717, 1.165) is 40.8 Å². The van der Waals surface area contributed by atoms with Crippen LogP contribution in [0.3, 0.4) is 0 Å². The smallest absolute Gasteiger partial charge is 0.162 e. The summed E-state index contributed by atoms with van der Waals surface area (Å²) in [6.45, 7) is 4.20. The van der Waals surface area contributed by atoms with Crippen molar-refractivity contribution in [1.29, 1.82) is 0 Å². The topological polar surface area (TPSA) is 61.5 Å². The lowest BCUT2D eigenvalue weighted by molar-refractivity contribution is 0.0976.